The summed E-state index contributed by atoms with van der Waals surface area (Å²) in [5, 5.41) is 3.52. The van der Waals surface area contributed by atoms with Crippen LogP contribution >= 0.6 is 15.9 Å². The molecule has 0 radical (unpaired) electrons. The van der Waals surface area contributed by atoms with E-state index in [4.69, 9.17) is 4.74 Å². The average molecular weight is 332 g/mol. The lowest BCUT2D eigenvalue weighted by Crippen LogP contribution is -2.15. The van der Waals surface area contributed by atoms with E-state index in [0.29, 0.717) is 6.61 Å². The Labute approximate surface area is 128 Å². The first-order valence-electron chi connectivity index (χ1n) is 6.99. The number of ether oxygens (including phenoxy) is 1. The van der Waals surface area contributed by atoms with Gasteiger partial charge in [-0.3, -0.25) is 0 Å². The predicted octanol–water partition coefficient (Wildman–Crippen LogP) is 4.28. The monoisotopic (exact) mass is 331 g/mol. The van der Waals surface area contributed by atoms with Gasteiger partial charge in [0.05, 0.1) is 0 Å². The number of benzene rings is 2. The molecule has 1 fully saturated rings. The zero-order valence-electron chi connectivity index (χ0n) is 11.3. The van der Waals surface area contributed by atoms with Crippen LogP contribution in [0.4, 0.5) is 0 Å². The van der Waals surface area contributed by atoms with Crippen LogP contribution in [0.3, 0.4) is 0 Å². The molecule has 2 aromatic rings. The third-order valence-electron chi connectivity index (χ3n) is 3.40. The maximum Gasteiger partial charge on any atom is 0.120 e. The van der Waals surface area contributed by atoms with E-state index in [1.807, 2.05) is 24.3 Å². The third kappa shape index (κ3) is 4.09. The molecular weight excluding hydrogens is 314 g/mol. The smallest absolute Gasteiger partial charge is 0.120 e. The van der Waals surface area contributed by atoms with Crippen LogP contribution in [0.25, 0.3) is 0 Å². The molecule has 20 heavy (non-hydrogen) atoms. The zero-order chi connectivity index (χ0) is 13.8. The van der Waals surface area contributed by atoms with Gasteiger partial charge in [0.25, 0.3) is 0 Å². The van der Waals surface area contributed by atoms with Crippen LogP contribution in [0.5, 0.6) is 5.75 Å². The molecule has 0 amide bonds. The molecule has 0 heterocycles. The molecule has 1 N–H and O–H groups in total. The minimum Gasteiger partial charge on any atom is -0.489 e. The molecule has 0 aromatic heterocycles. The van der Waals surface area contributed by atoms with Crippen LogP contribution in [0.15, 0.2) is 53.0 Å². The van der Waals surface area contributed by atoms with E-state index < -0.39 is 0 Å². The fourth-order valence-electron chi connectivity index (χ4n) is 2.03. The van der Waals surface area contributed by atoms with Crippen LogP contribution in [0.1, 0.15) is 24.0 Å². The van der Waals surface area contributed by atoms with Crippen molar-refractivity contribution in [2.75, 3.05) is 0 Å². The first kappa shape index (κ1) is 13.7. The quantitative estimate of drug-likeness (QED) is 0.852. The Morgan fingerprint density at radius 3 is 2.50 bits per heavy atom. The fraction of sp³-hybridized carbons (Fsp3) is 0.294. The molecule has 2 aromatic carbocycles. The van der Waals surface area contributed by atoms with Crippen molar-refractivity contribution in [1.29, 1.82) is 0 Å². The van der Waals surface area contributed by atoms with Crippen LogP contribution < -0.4 is 10.1 Å². The second-order valence-corrected chi connectivity index (χ2v) is 6.13. The van der Waals surface area contributed by atoms with Gasteiger partial charge in [-0.1, -0.05) is 46.3 Å². The highest BCUT2D eigenvalue weighted by Gasteiger charge is 2.19. The highest BCUT2D eigenvalue weighted by atomic mass is 79.9. The lowest BCUT2D eigenvalue weighted by molar-refractivity contribution is 0.306. The van der Waals surface area contributed by atoms with Crippen molar-refractivity contribution in [3.05, 3.63) is 64.1 Å². The second kappa shape index (κ2) is 6.42. The maximum absolute atomic E-state index is 5.78. The van der Waals surface area contributed by atoms with Crippen molar-refractivity contribution in [2.24, 2.45) is 0 Å². The molecule has 3 rings (SSSR count). The molecule has 0 saturated heterocycles. The zero-order valence-corrected chi connectivity index (χ0v) is 12.9. The summed E-state index contributed by atoms with van der Waals surface area (Å²) in [6.07, 6.45) is 2.66. The van der Waals surface area contributed by atoms with Gasteiger partial charge in [-0.2, -0.15) is 0 Å². The van der Waals surface area contributed by atoms with Crippen molar-refractivity contribution in [3.8, 4) is 5.75 Å². The molecule has 104 valence electrons. The Hall–Kier alpha value is -1.32. The van der Waals surface area contributed by atoms with Gasteiger partial charge in [-0.25, -0.2) is 0 Å². The van der Waals surface area contributed by atoms with Crippen molar-refractivity contribution < 1.29 is 4.74 Å². The van der Waals surface area contributed by atoms with Crippen molar-refractivity contribution in [3.63, 3.8) is 0 Å². The van der Waals surface area contributed by atoms with E-state index >= 15 is 0 Å². The molecule has 1 saturated carbocycles. The molecule has 0 aliphatic heterocycles. The highest BCUT2D eigenvalue weighted by molar-refractivity contribution is 9.10. The molecule has 0 atom stereocenters. The lowest BCUT2D eigenvalue weighted by atomic mass is 10.1. The van der Waals surface area contributed by atoms with Crippen LogP contribution in [0.2, 0.25) is 0 Å². The molecule has 1 aliphatic carbocycles. The summed E-state index contributed by atoms with van der Waals surface area (Å²) in [6, 6.07) is 17.3. The fourth-order valence-corrected chi connectivity index (χ4v) is 2.40. The number of halogens is 1. The van der Waals surface area contributed by atoms with Gasteiger partial charge in [0.2, 0.25) is 0 Å². The van der Waals surface area contributed by atoms with Gasteiger partial charge in [0.1, 0.15) is 12.4 Å². The molecule has 3 heteroatoms. The second-order valence-electron chi connectivity index (χ2n) is 5.22. The van der Waals surface area contributed by atoms with Crippen LogP contribution in [-0.2, 0) is 13.2 Å². The maximum atomic E-state index is 5.78. The summed E-state index contributed by atoms with van der Waals surface area (Å²) in [7, 11) is 0. The van der Waals surface area contributed by atoms with Crippen molar-refractivity contribution >= 4 is 15.9 Å². The third-order valence-corrected chi connectivity index (χ3v) is 3.89. The summed E-state index contributed by atoms with van der Waals surface area (Å²) < 4.78 is 6.81. The van der Waals surface area contributed by atoms with Crippen molar-refractivity contribution in [2.45, 2.75) is 32.0 Å². The predicted molar refractivity (Wildman–Crippen MR) is 84.8 cm³/mol. The summed E-state index contributed by atoms with van der Waals surface area (Å²) in [5.74, 6) is 0.888. The SMILES string of the molecule is Brc1cccc(OCc2ccc(CNC3CC3)cc2)c1. The molecule has 0 unspecified atom stereocenters. The van der Waals surface area contributed by atoms with E-state index in [1.54, 1.807) is 0 Å². The van der Waals surface area contributed by atoms with Gasteiger partial charge in [0.15, 0.2) is 0 Å². The number of rotatable bonds is 6. The summed E-state index contributed by atoms with van der Waals surface area (Å²) in [4.78, 5) is 0. The number of hydrogen-bond donors (Lipinski definition) is 1. The van der Waals surface area contributed by atoms with E-state index in [-0.39, 0.29) is 0 Å². The summed E-state index contributed by atoms with van der Waals surface area (Å²) in [6.45, 7) is 1.57. The molecule has 0 bridgehead atoms. The Bertz CT molecular complexity index is 563. The molecule has 2 nitrogen and oxygen atoms in total. The summed E-state index contributed by atoms with van der Waals surface area (Å²) in [5.41, 5.74) is 2.53. The van der Waals surface area contributed by atoms with Gasteiger partial charge in [0, 0.05) is 17.1 Å². The molecular formula is C17H18BrNO. The Morgan fingerprint density at radius 2 is 1.80 bits per heavy atom. The van der Waals surface area contributed by atoms with E-state index in [2.05, 4.69) is 45.5 Å². The topological polar surface area (TPSA) is 21.3 Å². The first-order valence-corrected chi connectivity index (χ1v) is 7.78. The highest BCUT2D eigenvalue weighted by Crippen LogP contribution is 2.20. The minimum absolute atomic E-state index is 0.604. The van der Waals surface area contributed by atoms with Gasteiger partial charge in [-0.05, 0) is 42.2 Å². The van der Waals surface area contributed by atoms with E-state index in [9.17, 15) is 0 Å². The number of hydrogen-bond acceptors (Lipinski definition) is 2. The largest absolute Gasteiger partial charge is 0.489 e. The first-order chi connectivity index (χ1) is 9.79. The Kier molecular flexibility index (Phi) is 4.38. The van der Waals surface area contributed by atoms with Crippen LogP contribution in [0, 0.1) is 0 Å². The molecule has 0 spiro atoms. The average Bonchev–Trinajstić information content (AvgIpc) is 3.28. The summed E-state index contributed by atoms with van der Waals surface area (Å²) >= 11 is 3.44. The van der Waals surface area contributed by atoms with Crippen LogP contribution in [-0.4, -0.2) is 6.04 Å². The Morgan fingerprint density at radius 1 is 1.05 bits per heavy atom. The van der Waals surface area contributed by atoms with Gasteiger partial charge >= 0.3 is 0 Å². The Balaban J connectivity index is 1.52. The van der Waals surface area contributed by atoms with Gasteiger partial charge in [-0.15, -0.1) is 0 Å². The van der Waals surface area contributed by atoms with Crippen molar-refractivity contribution in [1.82, 2.24) is 5.32 Å². The van der Waals surface area contributed by atoms with E-state index in [0.717, 1.165) is 22.8 Å². The molecule has 1 aliphatic rings. The normalized spacial score (nSPS) is 14.2. The minimum atomic E-state index is 0.604. The number of nitrogens with one attached hydrogen (secondary N) is 1. The van der Waals surface area contributed by atoms with Gasteiger partial charge < -0.3 is 10.1 Å². The van der Waals surface area contributed by atoms with E-state index in [1.165, 1.54) is 24.0 Å². The standard InChI is InChI=1S/C17H18BrNO/c18-15-2-1-3-17(10-15)20-12-14-6-4-13(5-7-14)11-19-16-8-9-16/h1-7,10,16,19H,8-9,11-12H2. The lowest BCUT2D eigenvalue weighted by Gasteiger charge is -2.08.